The minimum absolute atomic E-state index is 0.0286. The van der Waals surface area contributed by atoms with E-state index in [2.05, 4.69) is 0 Å². The lowest BCUT2D eigenvalue weighted by Gasteiger charge is -2.40. The molecule has 4 rings (SSSR count). The number of esters is 1. The molecule has 10 heteroatoms. The molecule has 0 bridgehead atoms. The van der Waals surface area contributed by atoms with Gasteiger partial charge in [0.2, 0.25) is 12.5 Å². The van der Waals surface area contributed by atoms with Gasteiger partial charge in [0.25, 0.3) is 0 Å². The van der Waals surface area contributed by atoms with E-state index in [9.17, 15) is 24.5 Å². The number of rotatable bonds is 7. The lowest BCUT2D eigenvalue weighted by Crippen LogP contribution is -2.57. The third-order valence-corrected chi connectivity index (χ3v) is 6.84. The molecule has 0 aliphatic carbocycles. The quantitative estimate of drug-likeness (QED) is 0.255. The maximum Gasteiger partial charge on any atom is 0.419 e. The molecule has 1 saturated heterocycles. The molecule has 2 heterocycles. The summed E-state index contributed by atoms with van der Waals surface area (Å²) < 4.78 is 12.1. The third-order valence-electron chi connectivity index (χ3n) is 6.84. The van der Waals surface area contributed by atoms with Gasteiger partial charge in [-0.25, -0.2) is 9.59 Å². The van der Waals surface area contributed by atoms with E-state index in [4.69, 9.17) is 9.47 Å². The van der Waals surface area contributed by atoms with Crippen molar-refractivity contribution < 1.29 is 28.8 Å². The summed E-state index contributed by atoms with van der Waals surface area (Å²) in [6.45, 7) is 4.64. The highest BCUT2D eigenvalue weighted by atomic mass is 16.6. The molecule has 1 amide bonds. The standard InChI is InChI=1S/C28H31N3O7/c1-27(2,3)38-26(34)29-17-21(20-12-8-9-13-23(20)29)22(18-31(35)36)28(25(33)37-4)15-14-24(32)30(28)16-19-10-6-5-7-11-19/h5-13,17,22H,14-16,18H2,1-4H3/t22-,28-/m1/s1. The van der Waals surface area contributed by atoms with E-state index in [1.54, 1.807) is 45.0 Å². The van der Waals surface area contributed by atoms with Crippen LogP contribution in [-0.2, 0) is 25.6 Å². The molecule has 1 fully saturated rings. The number of hydrogen-bond acceptors (Lipinski definition) is 7. The van der Waals surface area contributed by atoms with Crippen LogP contribution in [0.4, 0.5) is 4.79 Å². The molecule has 0 N–H and O–H groups in total. The minimum atomic E-state index is -1.66. The number of para-hydroxylation sites is 1. The molecule has 200 valence electrons. The Morgan fingerprint density at radius 3 is 2.39 bits per heavy atom. The van der Waals surface area contributed by atoms with Crippen LogP contribution in [0, 0.1) is 10.1 Å². The van der Waals surface area contributed by atoms with Gasteiger partial charge in [0.05, 0.1) is 18.5 Å². The minimum Gasteiger partial charge on any atom is -0.467 e. The second-order valence-corrected chi connectivity index (χ2v) is 10.4. The number of fused-ring (bicyclic) bond motifs is 1. The summed E-state index contributed by atoms with van der Waals surface area (Å²) in [4.78, 5) is 52.9. The van der Waals surface area contributed by atoms with E-state index in [0.29, 0.717) is 16.5 Å². The highest BCUT2D eigenvalue weighted by molar-refractivity contribution is 5.96. The lowest BCUT2D eigenvalue weighted by atomic mass is 9.76. The molecule has 10 nitrogen and oxygen atoms in total. The van der Waals surface area contributed by atoms with Crippen LogP contribution in [0.25, 0.3) is 10.9 Å². The number of benzene rings is 2. The van der Waals surface area contributed by atoms with Crippen molar-refractivity contribution in [3.8, 4) is 0 Å². The van der Waals surface area contributed by atoms with Gasteiger partial charge in [0, 0.05) is 29.5 Å². The highest BCUT2D eigenvalue weighted by Gasteiger charge is 2.59. The molecule has 0 saturated carbocycles. The molecular weight excluding hydrogens is 490 g/mol. The van der Waals surface area contributed by atoms with Gasteiger partial charge in [0.1, 0.15) is 5.60 Å². The van der Waals surface area contributed by atoms with Crippen LogP contribution in [0.1, 0.15) is 50.7 Å². The van der Waals surface area contributed by atoms with Crippen molar-refractivity contribution in [2.45, 2.75) is 57.2 Å². The monoisotopic (exact) mass is 521 g/mol. The van der Waals surface area contributed by atoms with E-state index in [0.717, 1.165) is 5.56 Å². The van der Waals surface area contributed by atoms with Gasteiger partial charge in [-0.05, 0) is 44.4 Å². The van der Waals surface area contributed by atoms with Crippen LogP contribution in [0.5, 0.6) is 0 Å². The van der Waals surface area contributed by atoms with Gasteiger partial charge < -0.3 is 14.4 Å². The van der Waals surface area contributed by atoms with Gasteiger partial charge >= 0.3 is 12.1 Å². The van der Waals surface area contributed by atoms with Gasteiger partial charge in [-0.15, -0.1) is 0 Å². The largest absolute Gasteiger partial charge is 0.467 e. The number of nitro groups is 1. The SMILES string of the molecule is COC(=O)[C@]1([C@H](C[N+](=O)[O-])c2cn(C(=O)OC(C)(C)C)c3ccccc23)CCC(=O)N1Cc1ccccc1. The average molecular weight is 522 g/mol. The smallest absolute Gasteiger partial charge is 0.419 e. The van der Waals surface area contributed by atoms with E-state index in [1.165, 1.54) is 22.8 Å². The fourth-order valence-corrected chi connectivity index (χ4v) is 5.28. The zero-order chi connectivity index (χ0) is 27.7. The Morgan fingerprint density at radius 2 is 1.76 bits per heavy atom. The molecule has 38 heavy (non-hydrogen) atoms. The Kier molecular flexibility index (Phi) is 7.26. The van der Waals surface area contributed by atoms with E-state index >= 15 is 0 Å². The summed E-state index contributed by atoms with van der Waals surface area (Å²) in [5, 5.41) is 12.6. The molecule has 2 atom stereocenters. The predicted octanol–water partition coefficient (Wildman–Crippen LogP) is 4.52. The van der Waals surface area contributed by atoms with Crippen LogP contribution in [0.3, 0.4) is 0 Å². The predicted molar refractivity (Wildman–Crippen MR) is 139 cm³/mol. The van der Waals surface area contributed by atoms with Gasteiger partial charge in [-0.1, -0.05) is 48.5 Å². The van der Waals surface area contributed by atoms with E-state index in [-0.39, 0.29) is 25.3 Å². The van der Waals surface area contributed by atoms with Crippen molar-refractivity contribution in [1.82, 2.24) is 9.47 Å². The van der Waals surface area contributed by atoms with Crippen LogP contribution in [0.15, 0.2) is 60.8 Å². The summed E-state index contributed by atoms with van der Waals surface area (Å²) in [5.74, 6) is -2.14. The average Bonchev–Trinajstić information content (AvgIpc) is 3.41. The number of likely N-dealkylation sites (tertiary alicyclic amines) is 1. The molecule has 0 radical (unpaired) electrons. The number of carbonyl (C=O) groups excluding carboxylic acids is 3. The molecule has 0 unspecified atom stereocenters. The Hall–Kier alpha value is -4.21. The Labute approximate surface area is 220 Å². The van der Waals surface area contributed by atoms with E-state index < -0.39 is 40.6 Å². The van der Waals surface area contributed by atoms with Crippen molar-refractivity contribution in [2.75, 3.05) is 13.7 Å². The molecule has 3 aromatic rings. The van der Waals surface area contributed by atoms with Crippen molar-refractivity contribution in [3.05, 3.63) is 82.0 Å². The lowest BCUT2D eigenvalue weighted by molar-refractivity contribution is -0.485. The summed E-state index contributed by atoms with van der Waals surface area (Å²) in [6.07, 6.45) is 0.896. The molecular formula is C28H31N3O7. The fraction of sp³-hybridized carbons (Fsp3) is 0.393. The fourth-order valence-electron chi connectivity index (χ4n) is 5.28. The third kappa shape index (κ3) is 4.98. The van der Waals surface area contributed by atoms with Gasteiger partial charge in [-0.3, -0.25) is 19.5 Å². The first-order chi connectivity index (χ1) is 18.0. The van der Waals surface area contributed by atoms with Crippen LogP contribution in [0.2, 0.25) is 0 Å². The number of aromatic nitrogens is 1. The van der Waals surface area contributed by atoms with Gasteiger partial charge in [-0.2, -0.15) is 0 Å². The van der Waals surface area contributed by atoms with Crippen LogP contribution >= 0.6 is 0 Å². The summed E-state index contributed by atoms with van der Waals surface area (Å²) in [6, 6.07) is 16.1. The first kappa shape index (κ1) is 26.8. The summed E-state index contributed by atoms with van der Waals surface area (Å²) >= 11 is 0. The molecule has 1 aromatic heterocycles. The van der Waals surface area contributed by atoms with Crippen molar-refractivity contribution in [3.63, 3.8) is 0 Å². The molecule has 1 aliphatic heterocycles. The van der Waals surface area contributed by atoms with E-state index in [1.807, 2.05) is 30.3 Å². The first-order valence-electron chi connectivity index (χ1n) is 12.4. The topological polar surface area (TPSA) is 121 Å². The van der Waals surface area contributed by atoms with Crippen molar-refractivity contribution >= 4 is 28.9 Å². The molecule has 0 spiro atoms. The molecule has 2 aromatic carbocycles. The Morgan fingerprint density at radius 1 is 1.11 bits per heavy atom. The normalized spacial score (nSPS) is 18.4. The zero-order valence-corrected chi connectivity index (χ0v) is 21.9. The van der Waals surface area contributed by atoms with Crippen LogP contribution < -0.4 is 0 Å². The molecule has 1 aliphatic rings. The van der Waals surface area contributed by atoms with Gasteiger partial charge in [0.15, 0.2) is 5.54 Å². The number of hydrogen-bond donors (Lipinski definition) is 0. The Balaban J connectivity index is 1.93. The highest BCUT2D eigenvalue weighted by Crippen LogP contribution is 2.46. The zero-order valence-electron chi connectivity index (χ0n) is 21.9. The number of methoxy groups -OCH3 is 1. The summed E-state index contributed by atoms with van der Waals surface area (Å²) in [7, 11) is 1.21. The number of amides is 1. The second-order valence-electron chi connectivity index (χ2n) is 10.4. The maximum absolute atomic E-state index is 13.6. The van der Waals surface area contributed by atoms with Crippen molar-refractivity contribution in [2.24, 2.45) is 0 Å². The maximum atomic E-state index is 13.6. The number of carbonyl (C=O) groups is 3. The number of ether oxygens (including phenoxy) is 2. The van der Waals surface area contributed by atoms with Crippen molar-refractivity contribution in [1.29, 1.82) is 0 Å². The number of nitrogens with zero attached hydrogens (tertiary/aromatic N) is 3. The Bertz CT molecular complexity index is 1380. The first-order valence-corrected chi connectivity index (χ1v) is 12.4. The summed E-state index contributed by atoms with van der Waals surface area (Å²) in [5.41, 5.74) is -0.796. The second kappa shape index (κ2) is 10.3. The van der Waals surface area contributed by atoms with Crippen LogP contribution in [-0.4, -0.2) is 57.2 Å².